The Hall–Kier alpha value is -1.12. The van der Waals surface area contributed by atoms with Crippen LogP contribution in [0.1, 0.15) is 33.1 Å². The first-order valence-electron chi connectivity index (χ1n) is 4.22. The number of rotatable bonds is 5. The van der Waals surface area contributed by atoms with Crippen molar-refractivity contribution in [3.8, 4) is 0 Å². The molecule has 0 saturated carbocycles. The van der Waals surface area contributed by atoms with E-state index in [0.29, 0.717) is 11.3 Å². The van der Waals surface area contributed by atoms with Crippen molar-refractivity contribution < 1.29 is 0 Å². The minimum absolute atomic E-state index is 0.00129. The minimum Gasteiger partial charge on any atom is -0.384 e. The molecule has 0 saturated heterocycles. The Bertz CT molecular complexity index is 204. The third kappa shape index (κ3) is 3.32. The molecule has 0 radical (unpaired) electrons. The lowest BCUT2D eigenvalue weighted by molar-refractivity contribution is 0.833. The fraction of sp³-hybridized carbons (Fsp3) is 0.556. The third-order valence-corrected chi connectivity index (χ3v) is 1.68. The van der Waals surface area contributed by atoms with Crippen molar-refractivity contribution in [1.29, 1.82) is 10.8 Å². The van der Waals surface area contributed by atoms with Crippen molar-refractivity contribution >= 4 is 11.5 Å². The zero-order valence-corrected chi connectivity index (χ0v) is 7.78. The summed E-state index contributed by atoms with van der Waals surface area (Å²) in [4.78, 5) is 0. The molecule has 3 heteroatoms. The summed E-state index contributed by atoms with van der Waals surface area (Å²) >= 11 is 0. The molecule has 0 aromatic carbocycles. The summed E-state index contributed by atoms with van der Waals surface area (Å²) in [5.41, 5.74) is 6.35. The number of hydrogen-bond donors (Lipinski definition) is 3. The molecule has 0 aromatic heterocycles. The lowest BCUT2D eigenvalue weighted by atomic mass is 10.0. The van der Waals surface area contributed by atoms with Gasteiger partial charge in [0.2, 0.25) is 0 Å². The number of unbranched alkanes of at least 4 members (excludes halogenated alkanes) is 1. The van der Waals surface area contributed by atoms with Gasteiger partial charge in [0.1, 0.15) is 5.84 Å². The van der Waals surface area contributed by atoms with Gasteiger partial charge in [0.15, 0.2) is 0 Å². The van der Waals surface area contributed by atoms with Gasteiger partial charge in [-0.2, -0.15) is 0 Å². The first kappa shape index (κ1) is 10.9. The molecule has 0 aliphatic heterocycles. The van der Waals surface area contributed by atoms with E-state index in [9.17, 15) is 0 Å². The van der Waals surface area contributed by atoms with Gasteiger partial charge in [0.25, 0.3) is 0 Å². The number of allylic oxidation sites excluding steroid dienone is 1. The van der Waals surface area contributed by atoms with Gasteiger partial charge in [0, 0.05) is 11.3 Å². The first-order valence-corrected chi connectivity index (χ1v) is 4.22. The predicted octanol–water partition coefficient (Wildman–Crippen LogP) is 2.08. The normalized spacial score (nSPS) is 11.3. The molecular formula is C9H17N3. The van der Waals surface area contributed by atoms with Crippen LogP contribution in [0, 0.1) is 10.8 Å². The van der Waals surface area contributed by atoms with Crippen LogP contribution in [-0.4, -0.2) is 11.5 Å². The predicted molar refractivity (Wildman–Crippen MR) is 52.9 cm³/mol. The van der Waals surface area contributed by atoms with Gasteiger partial charge < -0.3 is 11.1 Å². The molecule has 0 fully saturated rings. The summed E-state index contributed by atoms with van der Waals surface area (Å²) in [6, 6.07) is 0. The number of hydrogen-bond acceptors (Lipinski definition) is 2. The van der Waals surface area contributed by atoms with Crippen LogP contribution in [0.4, 0.5) is 0 Å². The fourth-order valence-corrected chi connectivity index (χ4v) is 0.981. The molecule has 0 atom stereocenters. The van der Waals surface area contributed by atoms with E-state index in [1.807, 2.05) is 0 Å². The highest BCUT2D eigenvalue weighted by Crippen LogP contribution is 2.04. The highest BCUT2D eigenvalue weighted by atomic mass is 14.7. The topological polar surface area (TPSA) is 73.7 Å². The maximum atomic E-state index is 7.59. The maximum absolute atomic E-state index is 7.59. The molecular weight excluding hydrogens is 150 g/mol. The first-order chi connectivity index (χ1) is 5.63. The quantitative estimate of drug-likeness (QED) is 0.425. The van der Waals surface area contributed by atoms with E-state index in [2.05, 4.69) is 6.92 Å². The van der Waals surface area contributed by atoms with Gasteiger partial charge >= 0.3 is 0 Å². The largest absolute Gasteiger partial charge is 0.384 e. The van der Waals surface area contributed by atoms with E-state index >= 15 is 0 Å². The van der Waals surface area contributed by atoms with Gasteiger partial charge in [-0.05, 0) is 19.8 Å². The molecule has 4 N–H and O–H groups in total. The zero-order chi connectivity index (χ0) is 9.56. The van der Waals surface area contributed by atoms with Crippen LogP contribution >= 0.6 is 0 Å². The average molecular weight is 167 g/mol. The smallest absolute Gasteiger partial charge is 0.124 e. The molecule has 0 aromatic rings. The summed E-state index contributed by atoms with van der Waals surface area (Å²) in [5.74, 6) is -0.00129. The monoisotopic (exact) mass is 167 g/mol. The van der Waals surface area contributed by atoms with Gasteiger partial charge in [-0.25, -0.2) is 0 Å². The van der Waals surface area contributed by atoms with Crippen molar-refractivity contribution in [2.75, 3.05) is 0 Å². The molecule has 0 unspecified atom stereocenters. The molecule has 0 spiro atoms. The van der Waals surface area contributed by atoms with E-state index in [0.717, 1.165) is 19.3 Å². The fourth-order valence-electron chi connectivity index (χ4n) is 0.981. The highest BCUT2D eigenvalue weighted by molar-refractivity contribution is 6.20. The number of nitrogens with one attached hydrogen (secondary N) is 2. The Balaban J connectivity index is 4.15. The van der Waals surface area contributed by atoms with Crippen LogP contribution < -0.4 is 5.73 Å². The standard InChI is InChI=1S/C9H17N3/c1-3-5-6-8(10)7(4-2)9(11)12/h4,10H,3,5-6H2,1-2H3,(H3,11,12)/b7-4-,10-8?. The molecule has 0 amide bonds. The molecule has 0 heterocycles. The number of amidine groups is 1. The SMILES string of the molecule is C/C=C(\C(=N)N)C(=N)CCCC. The van der Waals surface area contributed by atoms with Gasteiger partial charge in [-0.15, -0.1) is 0 Å². The van der Waals surface area contributed by atoms with Gasteiger partial charge in [-0.1, -0.05) is 19.4 Å². The lowest BCUT2D eigenvalue weighted by Crippen LogP contribution is -2.19. The third-order valence-electron chi connectivity index (χ3n) is 1.68. The van der Waals surface area contributed by atoms with E-state index in [-0.39, 0.29) is 5.84 Å². The second-order valence-electron chi connectivity index (χ2n) is 2.70. The highest BCUT2D eigenvalue weighted by Gasteiger charge is 2.05. The summed E-state index contributed by atoms with van der Waals surface area (Å²) in [7, 11) is 0. The zero-order valence-electron chi connectivity index (χ0n) is 7.78. The van der Waals surface area contributed by atoms with Crippen LogP contribution in [0.15, 0.2) is 11.6 Å². The van der Waals surface area contributed by atoms with E-state index < -0.39 is 0 Å². The van der Waals surface area contributed by atoms with E-state index in [4.69, 9.17) is 16.6 Å². The van der Waals surface area contributed by atoms with Gasteiger partial charge in [-0.3, -0.25) is 5.41 Å². The molecule has 68 valence electrons. The summed E-state index contributed by atoms with van der Waals surface area (Å²) in [6.07, 6.45) is 4.50. The second kappa shape index (κ2) is 5.52. The molecule has 12 heavy (non-hydrogen) atoms. The Labute approximate surface area is 73.7 Å². The Kier molecular flexibility index (Phi) is 5.00. The molecule has 0 aliphatic carbocycles. The summed E-state index contributed by atoms with van der Waals surface area (Å²) in [6.45, 7) is 3.88. The molecule has 0 bridgehead atoms. The maximum Gasteiger partial charge on any atom is 0.124 e. The van der Waals surface area contributed by atoms with Crippen LogP contribution in [-0.2, 0) is 0 Å². The van der Waals surface area contributed by atoms with Crippen LogP contribution in [0.5, 0.6) is 0 Å². The number of nitrogens with two attached hydrogens (primary N) is 1. The van der Waals surface area contributed by atoms with Crippen LogP contribution in [0.3, 0.4) is 0 Å². The van der Waals surface area contributed by atoms with E-state index in [1.165, 1.54) is 0 Å². The Morgan fingerprint density at radius 3 is 2.33 bits per heavy atom. The minimum atomic E-state index is -0.00129. The van der Waals surface area contributed by atoms with Crippen molar-refractivity contribution in [3.63, 3.8) is 0 Å². The van der Waals surface area contributed by atoms with Crippen LogP contribution in [0.25, 0.3) is 0 Å². The van der Waals surface area contributed by atoms with Crippen LogP contribution in [0.2, 0.25) is 0 Å². The Morgan fingerprint density at radius 1 is 1.42 bits per heavy atom. The molecule has 0 rings (SSSR count). The summed E-state index contributed by atoms with van der Waals surface area (Å²) in [5, 5.41) is 14.8. The van der Waals surface area contributed by atoms with E-state index in [1.54, 1.807) is 13.0 Å². The van der Waals surface area contributed by atoms with Crippen molar-refractivity contribution in [2.24, 2.45) is 5.73 Å². The van der Waals surface area contributed by atoms with Crippen molar-refractivity contribution in [1.82, 2.24) is 0 Å². The molecule has 3 nitrogen and oxygen atoms in total. The summed E-state index contributed by atoms with van der Waals surface area (Å²) < 4.78 is 0. The second-order valence-corrected chi connectivity index (χ2v) is 2.70. The average Bonchev–Trinajstić information content (AvgIpc) is 2.01. The lowest BCUT2D eigenvalue weighted by Gasteiger charge is -2.05. The van der Waals surface area contributed by atoms with Crippen molar-refractivity contribution in [2.45, 2.75) is 33.1 Å². The van der Waals surface area contributed by atoms with Crippen molar-refractivity contribution in [3.05, 3.63) is 11.6 Å². The Morgan fingerprint density at radius 2 is 2.00 bits per heavy atom. The molecule has 0 aliphatic rings. The van der Waals surface area contributed by atoms with Gasteiger partial charge in [0.05, 0.1) is 0 Å².